The number of halogens is 1. The highest BCUT2D eigenvalue weighted by atomic mass is 32.1. The smallest absolute Gasteiger partial charge is 0.281 e. The van der Waals surface area contributed by atoms with E-state index >= 15 is 0 Å². The molecule has 0 aliphatic rings. The van der Waals surface area contributed by atoms with E-state index in [2.05, 4.69) is 10.1 Å². The summed E-state index contributed by atoms with van der Waals surface area (Å²) in [4.78, 5) is 18.1. The maximum atomic E-state index is 13.7. The molecule has 34 heavy (non-hydrogen) atoms. The molecular weight excluding hydrogens is 457 g/mol. The van der Waals surface area contributed by atoms with Gasteiger partial charge in [-0.1, -0.05) is 11.3 Å². The number of fused-ring (bicyclic) bond motifs is 1. The lowest BCUT2D eigenvalue weighted by atomic mass is 10.2. The summed E-state index contributed by atoms with van der Waals surface area (Å²) < 4.78 is 30.4. The zero-order chi connectivity index (χ0) is 24.1. The molecule has 0 N–H and O–H groups in total. The van der Waals surface area contributed by atoms with E-state index in [0.717, 1.165) is 22.6 Å². The second-order valence-corrected chi connectivity index (χ2v) is 8.08. The number of thiazole rings is 1. The number of benzene rings is 3. The molecule has 0 aliphatic carbocycles. The Labute approximate surface area is 200 Å². The van der Waals surface area contributed by atoms with E-state index in [4.69, 9.17) is 14.2 Å². The van der Waals surface area contributed by atoms with Gasteiger partial charge in [-0.25, -0.2) is 9.37 Å². The maximum Gasteiger partial charge on any atom is 0.281 e. The first-order chi connectivity index (χ1) is 16.5. The third kappa shape index (κ3) is 5.15. The van der Waals surface area contributed by atoms with Crippen molar-refractivity contribution < 1.29 is 23.4 Å². The summed E-state index contributed by atoms with van der Waals surface area (Å²) in [6.45, 7) is 2.48. The fourth-order valence-electron chi connectivity index (χ4n) is 3.16. The monoisotopic (exact) mass is 479 g/mol. The van der Waals surface area contributed by atoms with Crippen molar-refractivity contribution in [1.29, 1.82) is 0 Å². The Morgan fingerprint density at radius 3 is 2.38 bits per heavy atom. The van der Waals surface area contributed by atoms with E-state index in [1.54, 1.807) is 30.5 Å². The van der Waals surface area contributed by atoms with Crippen LogP contribution in [-0.2, 0) is 0 Å². The highest BCUT2D eigenvalue weighted by molar-refractivity contribution is 7.22. The van der Waals surface area contributed by atoms with E-state index in [9.17, 15) is 9.18 Å². The van der Waals surface area contributed by atoms with Crippen LogP contribution in [-0.4, -0.2) is 37.9 Å². The summed E-state index contributed by atoms with van der Waals surface area (Å²) in [6, 6.07) is 16.4. The van der Waals surface area contributed by atoms with Gasteiger partial charge in [0.2, 0.25) is 5.13 Å². The van der Waals surface area contributed by atoms with E-state index in [-0.39, 0.29) is 5.82 Å². The van der Waals surface area contributed by atoms with Gasteiger partial charge in [-0.05, 0) is 67.1 Å². The van der Waals surface area contributed by atoms with Gasteiger partial charge in [-0.2, -0.15) is 10.1 Å². The van der Waals surface area contributed by atoms with Crippen LogP contribution in [0.2, 0.25) is 0 Å². The summed E-state index contributed by atoms with van der Waals surface area (Å²) >= 11 is 1.16. The maximum absolute atomic E-state index is 13.7. The third-order valence-corrected chi connectivity index (χ3v) is 5.82. The van der Waals surface area contributed by atoms with Gasteiger partial charge >= 0.3 is 0 Å². The Balaban J connectivity index is 1.74. The van der Waals surface area contributed by atoms with Crippen molar-refractivity contribution in [2.24, 2.45) is 5.10 Å². The number of nitrogens with zero attached hydrogens (tertiary/aromatic N) is 3. The lowest BCUT2D eigenvalue weighted by Crippen LogP contribution is -2.25. The van der Waals surface area contributed by atoms with Crippen molar-refractivity contribution in [2.75, 3.05) is 25.8 Å². The number of carbonyl (C=O) groups excluding carboxylic acids is 1. The van der Waals surface area contributed by atoms with Gasteiger partial charge in [-0.15, -0.1) is 0 Å². The molecule has 0 saturated carbocycles. The van der Waals surface area contributed by atoms with E-state index in [1.807, 2.05) is 31.2 Å². The van der Waals surface area contributed by atoms with Gasteiger partial charge in [-0.3, -0.25) is 4.79 Å². The molecule has 4 aromatic rings. The topological polar surface area (TPSA) is 73.2 Å². The first-order valence-electron chi connectivity index (χ1n) is 10.4. The van der Waals surface area contributed by atoms with Gasteiger partial charge in [0.1, 0.15) is 23.1 Å². The number of rotatable bonds is 8. The fourth-order valence-corrected chi connectivity index (χ4v) is 4.11. The minimum atomic E-state index is -0.445. The average molecular weight is 480 g/mol. The fraction of sp³-hybridized carbons (Fsp3) is 0.160. The molecular formula is C25H22FN3O4S. The second kappa shape index (κ2) is 10.3. The molecule has 0 radical (unpaired) electrons. The highest BCUT2D eigenvalue weighted by Crippen LogP contribution is 2.32. The molecule has 1 heterocycles. The van der Waals surface area contributed by atoms with E-state index < -0.39 is 5.91 Å². The summed E-state index contributed by atoms with van der Waals surface area (Å²) in [7, 11) is 3.01. The van der Waals surface area contributed by atoms with Crippen LogP contribution in [0.5, 0.6) is 17.2 Å². The highest BCUT2D eigenvalue weighted by Gasteiger charge is 2.22. The van der Waals surface area contributed by atoms with Crippen LogP contribution in [0.15, 0.2) is 65.8 Å². The molecule has 0 fully saturated rings. The third-order valence-electron chi connectivity index (χ3n) is 4.82. The van der Waals surface area contributed by atoms with Gasteiger partial charge in [0.05, 0.1) is 37.3 Å². The molecule has 174 valence electrons. The molecule has 4 rings (SSSR count). The molecule has 0 unspecified atom stereocenters. The van der Waals surface area contributed by atoms with Crippen LogP contribution >= 0.6 is 11.3 Å². The summed E-state index contributed by atoms with van der Waals surface area (Å²) in [6.07, 6.45) is 1.55. The molecule has 0 aliphatic heterocycles. The molecule has 0 spiro atoms. The number of hydrazone groups is 1. The average Bonchev–Trinajstić information content (AvgIpc) is 3.27. The zero-order valence-corrected chi connectivity index (χ0v) is 19.6. The summed E-state index contributed by atoms with van der Waals surface area (Å²) in [5.74, 6) is 0.841. The Morgan fingerprint density at radius 2 is 1.74 bits per heavy atom. The second-order valence-electron chi connectivity index (χ2n) is 7.07. The predicted molar refractivity (Wildman–Crippen MR) is 131 cm³/mol. The van der Waals surface area contributed by atoms with Crippen LogP contribution in [0.25, 0.3) is 10.2 Å². The Kier molecular flexibility index (Phi) is 7.03. The minimum Gasteiger partial charge on any atom is -0.497 e. The largest absolute Gasteiger partial charge is 0.497 e. The van der Waals surface area contributed by atoms with Crippen molar-refractivity contribution in [3.63, 3.8) is 0 Å². The van der Waals surface area contributed by atoms with Crippen LogP contribution in [0.4, 0.5) is 9.52 Å². The molecule has 1 amide bonds. The van der Waals surface area contributed by atoms with Crippen LogP contribution in [0.1, 0.15) is 22.8 Å². The number of ether oxygens (including phenoxy) is 3. The molecule has 3 aromatic carbocycles. The standard InChI is InChI=1S/C25H22FN3O4S/c1-4-33-19-8-5-16(6-9-19)15-27-29(25-28-22-10-7-18(26)13-23(22)34-25)24(30)17-11-20(31-2)14-21(12-17)32-3/h5-15H,4H2,1-3H3/b27-15+. The first kappa shape index (κ1) is 23.2. The van der Waals surface area contributed by atoms with Crippen LogP contribution in [0.3, 0.4) is 0 Å². The lowest BCUT2D eigenvalue weighted by molar-refractivity contribution is 0.0987. The van der Waals surface area contributed by atoms with Crippen molar-refractivity contribution in [3.05, 3.63) is 77.6 Å². The Morgan fingerprint density at radius 1 is 1.03 bits per heavy atom. The molecule has 1 aromatic heterocycles. The number of amides is 1. The Bertz CT molecular complexity index is 1320. The number of anilines is 1. The SMILES string of the molecule is CCOc1ccc(/C=N/N(C(=O)c2cc(OC)cc(OC)c2)c2nc3ccc(F)cc3s2)cc1. The minimum absolute atomic E-state index is 0.297. The summed E-state index contributed by atoms with van der Waals surface area (Å²) in [5, 5.41) is 5.92. The zero-order valence-electron chi connectivity index (χ0n) is 18.8. The van der Waals surface area contributed by atoms with Crippen molar-refractivity contribution in [1.82, 2.24) is 4.98 Å². The quantitative estimate of drug-likeness (QED) is 0.245. The van der Waals surface area contributed by atoms with Crippen LogP contribution < -0.4 is 19.2 Å². The lowest BCUT2D eigenvalue weighted by Gasteiger charge is -2.15. The van der Waals surface area contributed by atoms with E-state index in [0.29, 0.717) is 39.0 Å². The first-order valence-corrected chi connectivity index (χ1v) is 11.2. The van der Waals surface area contributed by atoms with Gasteiger partial charge in [0, 0.05) is 11.6 Å². The molecule has 7 nitrogen and oxygen atoms in total. The normalized spacial score (nSPS) is 11.1. The molecule has 0 saturated heterocycles. The van der Waals surface area contributed by atoms with Crippen molar-refractivity contribution >= 4 is 38.8 Å². The number of hydrogen-bond acceptors (Lipinski definition) is 7. The van der Waals surface area contributed by atoms with Crippen molar-refractivity contribution in [2.45, 2.75) is 6.92 Å². The van der Waals surface area contributed by atoms with E-state index in [1.165, 1.54) is 31.4 Å². The molecule has 9 heteroatoms. The van der Waals surface area contributed by atoms with Gasteiger partial charge in [0.25, 0.3) is 5.91 Å². The number of aromatic nitrogens is 1. The van der Waals surface area contributed by atoms with Crippen molar-refractivity contribution in [3.8, 4) is 17.2 Å². The number of carbonyl (C=O) groups is 1. The summed E-state index contributed by atoms with van der Waals surface area (Å²) in [5.41, 5.74) is 1.63. The molecule has 0 bridgehead atoms. The molecule has 0 atom stereocenters. The predicted octanol–water partition coefficient (Wildman–Crippen LogP) is 5.53. The number of methoxy groups -OCH3 is 2. The Hall–Kier alpha value is -3.98. The van der Waals surface area contributed by atoms with Gasteiger partial charge < -0.3 is 14.2 Å². The van der Waals surface area contributed by atoms with Gasteiger partial charge in [0.15, 0.2) is 0 Å². The number of hydrogen-bond donors (Lipinski definition) is 0. The van der Waals surface area contributed by atoms with Crippen LogP contribution in [0, 0.1) is 5.82 Å².